The van der Waals surface area contributed by atoms with E-state index >= 15 is 0 Å². The van der Waals surface area contributed by atoms with Crippen molar-refractivity contribution in [3.63, 3.8) is 0 Å². The van der Waals surface area contributed by atoms with E-state index in [1.165, 1.54) is 0 Å². The molecule has 0 heterocycles. The molecule has 0 saturated heterocycles. The van der Waals surface area contributed by atoms with Gasteiger partial charge in [0.2, 0.25) is 0 Å². The van der Waals surface area contributed by atoms with Crippen molar-refractivity contribution in [3.05, 3.63) is 12.2 Å². The van der Waals surface area contributed by atoms with E-state index in [4.69, 9.17) is 9.84 Å². The summed E-state index contributed by atoms with van der Waals surface area (Å²) in [5.41, 5.74) is 0. The third-order valence-corrected chi connectivity index (χ3v) is 1.98. The molecule has 1 fully saturated rings. The van der Waals surface area contributed by atoms with Crippen molar-refractivity contribution in [3.8, 4) is 0 Å². The number of carbonyl (C=O) groups excluding carboxylic acids is 1. The fourth-order valence-electron chi connectivity index (χ4n) is 1.27. The molecule has 0 unspecified atom stereocenters. The average molecular weight is 184 g/mol. The van der Waals surface area contributed by atoms with Gasteiger partial charge < -0.3 is 9.84 Å². The Labute approximate surface area is 76.2 Å². The van der Waals surface area contributed by atoms with Gasteiger partial charge in [-0.1, -0.05) is 6.92 Å². The van der Waals surface area contributed by atoms with Gasteiger partial charge in [0.05, 0.1) is 0 Å². The monoisotopic (exact) mass is 184 g/mol. The van der Waals surface area contributed by atoms with Crippen LogP contribution < -0.4 is 0 Å². The van der Waals surface area contributed by atoms with Crippen molar-refractivity contribution in [1.82, 2.24) is 0 Å². The maximum absolute atomic E-state index is 10.9. The van der Waals surface area contributed by atoms with Crippen LogP contribution in [-0.2, 0) is 14.3 Å². The minimum atomic E-state index is -1.14. The second-order valence-corrected chi connectivity index (χ2v) is 3.31. The minimum Gasteiger partial charge on any atom is -0.478 e. The third kappa shape index (κ3) is 3.27. The summed E-state index contributed by atoms with van der Waals surface area (Å²) in [5, 5.41) is 8.22. The van der Waals surface area contributed by atoms with Gasteiger partial charge in [0.1, 0.15) is 6.10 Å². The Morgan fingerprint density at radius 2 is 2.00 bits per heavy atom. The van der Waals surface area contributed by atoms with E-state index < -0.39 is 11.9 Å². The van der Waals surface area contributed by atoms with E-state index in [1.54, 1.807) is 0 Å². The molecule has 0 radical (unpaired) electrons. The molecular formula is C9H12O4. The highest BCUT2D eigenvalue weighted by Gasteiger charge is 2.27. The van der Waals surface area contributed by atoms with Gasteiger partial charge in [0.25, 0.3) is 0 Å². The van der Waals surface area contributed by atoms with Gasteiger partial charge in [0.15, 0.2) is 0 Å². The minimum absolute atomic E-state index is 0.0130. The fraction of sp³-hybridized carbons (Fsp3) is 0.556. The molecule has 0 aromatic rings. The average Bonchev–Trinajstić information content (AvgIpc) is 1.98. The Hall–Kier alpha value is -1.32. The first-order valence-corrected chi connectivity index (χ1v) is 4.19. The van der Waals surface area contributed by atoms with Gasteiger partial charge in [-0.05, 0) is 18.8 Å². The van der Waals surface area contributed by atoms with Crippen molar-refractivity contribution < 1.29 is 19.4 Å². The van der Waals surface area contributed by atoms with Crippen LogP contribution in [0, 0.1) is 5.92 Å². The quantitative estimate of drug-likeness (QED) is 0.524. The molecule has 0 amide bonds. The van der Waals surface area contributed by atoms with Crippen LogP contribution in [0.1, 0.15) is 19.8 Å². The van der Waals surface area contributed by atoms with Crippen LogP contribution in [-0.4, -0.2) is 23.1 Å². The number of carbonyl (C=O) groups is 2. The molecule has 0 bridgehead atoms. The van der Waals surface area contributed by atoms with Crippen molar-refractivity contribution in [1.29, 1.82) is 0 Å². The van der Waals surface area contributed by atoms with E-state index in [2.05, 4.69) is 6.92 Å². The first-order valence-electron chi connectivity index (χ1n) is 4.19. The molecule has 0 aliphatic heterocycles. The van der Waals surface area contributed by atoms with Gasteiger partial charge >= 0.3 is 11.9 Å². The van der Waals surface area contributed by atoms with Crippen molar-refractivity contribution in [2.24, 2.45) is 5.92 Å². The van der Waals surface area contributed by atoms with Crippen molar-refractivity contribution in [2.45, 2.75) is 25.9 Å². The van der Waals surface area contributed by atoms with Crippen LogP contribution in [0.2, 0.25) is 0 Å². The van der Waals surface area contributed by atoms with Crippen LogP contribution >= 0.6 is 0 Å². The Morgan fingerprint density at radius 3 is 2.46 bits per heavy atom. The smallest absolute Gasteiger partial charge is 0.331 e. The molecular weight excluding hydrogens is 172 g/mol. The molecule has 0 aromatic heterocycles. The highest BCUT2D eigenvalue weighted by Crippen LogP contribution is 2.29. The Morgan fingerprint density at radius 1 is 1.38 bits per heavy atom. The largest absolute Gasteiger partial charge is 0.478 e. The predicted octanol–water partition coefficient (Wildman–Crippen LogP) is 0.969. The van der Waals surface area contributed by atoms with Crippen LogP contribution in [0.15, 0.2) is 12.2 Å². The Kier molecular flexibility index (Phi) is 3.06. The van der Waals surface area contributed by atoms with Gasteiger partial charge in [-0.15, -0.1) is 0 Å². The zero-order valence-corrected chi connectivity index (χ0v) is 7.40. The number of hydrogen-bond donors (Lipinski definition) is 1. The molecule has 0 aromatic carbocycles. The molecule has 0 spiro atoms. The summed E-state index contributed by atoms with van der Waals surface area (Å²) >= 11 is 0. The molecule has 72 valence electrons. The summed E-state index contributed by atoms with van der Waals surface area (Å²) in [6.45, 7) is 2.08. The molecule has 1 saturated carbocycles. The first-order chi connectivity index (χ1) is 6.08. The number of hydrogen-bond acceptors (Lipinski definition) is 3. The lowest BCUT2D eigenvalue weighted by atomic mass is 9.84. The molecule has 1 aliphatic rings. The normalized spacial score (nSPS) is 26.8. The highest BCUT2D eigenvalue weighted by atomic mass is 16.5. The maximum atomic E-state index is 10.9. The summed E-state index contributed by atoms with van der Waals surface area (Å²) in [4.78, 5) is 20.9. The second-order valence-electron chi connectivity index (χ2n) is 3.31. The molecule has 1 N–H and O–H groups in total. The number of aliphatic carboxylic acids is 1. The van der Waals surface area contributed by atoms with Gasteiger partial charge in [-0.25, -0.2) is 9.59 Å². The third-order valence-electron chi connectivity index (χ3n) is 1.98. The Bertz CT molecular complexity index is 238. The second kappa shape index (κ2) is 4.07. The number of carboxylic acids is 1. The number of carboxylic acid groups (broad SMARTS) is 1. The van der Waals surface area contributed by atoms with Gasteiger partial charge in [-0.3, -0.25) is 0 Å². The van der Waals surface area contributed by atoms with Crippen LogP contribution in [0.5, 0.6) is 0 Å². The first kappa shape index (κ1) is 9.77. The number of esters is 1. The zero-order chi connectivity index (χ0) is 9.84. The molecule has 4 heteroatoms. The van der Waals surface area contributed by atoms with Crippen molar-refractivity contribution in [2.75, 3.05) is 0 Å². The van der Waals surface area contributed by atoms with Gasteiger partial charge in [-0.2, -0.15) is 0 Å². The van der Waals surface area contributed by atoms with Crippen LogP contribution in [0.4, 0.5) is 0 Å². The lowest BCUT2D eigenvalue weighted by Gasteiger charge is -2.31. The summed E-state index contributed by atoms with van der Waals surface area (Å²) in [6, 6.07) is 0. The van der Waals surface area contributed by atoms with E-state index in [0.29, 0.717) is 5.92 Å². The van der Waals surface area contributed by atoms with Crippen LogP contribution in [0.3, 0.4) is 0 Å². The molecule has 13 heavy (non-hydrogen) atoms. The highest BCUT2D eigenvalue weighted by molar-refractivity contribution is 5.90. The lowest BCUT2D eigenvalue weighted by Crippen LogP contribution is -2.31. The topological polar surface area (TPSA) is 63.6 Å². The summed E-state index contributed by atoms with van der Waals surface area (Å²) < 4.78 is 4.92. The molecule has 1 aliphatic carbocycles. The van der Waals surface area contributed by atoms with Crippen molar-refractivity contribution >= 4 is 11.9 Å². The van der Waals surface area contributed by atoms with E-state index in [-0.39, 0.29) is 6.10 Å². The van der Waals surface area contributed by atoms with E-state index in [1.807, 2.05) is 0 Å². The fourth-order valence-corrected chi connectivity index (χ4v) is 1.27. The predicted molar refractivity (Wildman–Crippen MR) is 45.1 cm³/mol. The summed E-state index contributed by atoms with van der Waals surface area (Å²) in [7, 11) is 0. The number of ether oxygens (including phenoxy) is 1. The number of rotatable bonds is 3. The van der Waals surface area contributed by atoms with Crippen LogP contribution in [0.25, 0.3) is 0 Å². The lowest BCUT2D eigenvalue weighted by molar-refractivity contribution is -0.149. The van der Waals surface area contributed by atoms with E-state index in [0.717, 1.165) is 25.0 Å². The molecule has 4 nitrogen and oxygen atoms in total. The SMILES string of the molecule is CC1CC(OC(=O)/C=C/C(=O)O)C1. The maximum Gasteiger partial charge on any atom is 0.331 e. The molecule has 1 rings (SSSR count). The van der Waals surface area contributed by atoms with Gasteiger partial charge in [0, 0.05) is 12.2 Å². The van der Waals surface area contributed by atoms with E-state index in [9.17, 15) is 9.59 Å². The molecule has 0 atom stereocenters. The summed E-state index contributed by atoms with van der Waals surface area (Å²) in [5.74, 6) is -1.10. The zero-order valence-electron chi connectivity index (χ0n) is 7.40. The Balaban J connectivity index is 2.22. The standard InChI is InChI=1S/C9H12O4/c1-6-4-7(5-6)13-9(12)3-2-8(10)11/h2-3,6-7H,4-5H2,1H3,(H,10,11)/b3-2+. The summed E-state index contributed by atoms with van der Waals surface area (Å²) in [6.07, 6.45) is 3.47.